The minimum absolute atomic E-state index is 0.0162. The molecule has 0 aliphatic heterocycles. The van der Waals surface area contributed by atoms with Gasteiger partial charge in [0.2, 0.25) is 0 Å². The molecule has 0 aromatic heterocycles. The Morgan fingerprint density at radius 3 is 2.44 bits per heavy atom. The summed E-state index contributed by atoms with van der Waals surface area (Å²) in [6, 6.07) is 1.12. The zero-order valence-corrected chi connectivity index (χ0v) is 9.22. The molecule has 6 heteroatoms. The number of esters is 1. The number of carbonyl (C=O) groups excluding carboxylic acids is 1. The third kappa shape index (κ3) is 2.90. The topological polar surface area (TPSA) is 52.3 Å². The standard InChI is InChI=1S/C10H10ClF2NO2/c1-16-10(15)8(14)4-5-2-6(12)9(11)7(13)3-5/h2-3,8H,4,14H2,1H3/t8-/m0/s1. The Labute approximate surface area is 96.1 Å². The first kappa shape index (κ1) is 12.9. The summed E-state index contributed by atoms with van der Waals surface area (Å²) >= 11 is 5.30. The van der Waals surface area contributed by atoms with Crippen LogP contribution in [0.1, 0.15) is 5.56 Å². The zero-order valence-electron chi connectivity index (χ0n) is 8.47. The molecule has 0 fully saturated rings. The van der Waals surface area contributed by atoms with Crippen LogP contribution < -0.4 is 5.73 Å². The molecule has 0 unspecified atom stereocenters. The fourth-order valence-corrected chi connectivity index (χ4v) is 1.32. The molecule has 0 aliphatic carbocycles. The Balaban J connectivity index is 2.86. The third-order valence-corrected chi connectivity index (χ3v) is 2.36. The largest absolute Gasteiger partial charge is 0.468 e. The summed E-state index contributed by atoms with van der Waals surface area (Å²) in [5, 5.41) is -0.574. The zero-order chi connectivity index (χ0) is 12.3. The van der Waals surface area contributed by atoms with Crippen molar-refractivity contribution in [1.29, 1.82) is 0 Å². The SMILES string of the molecule is COC(=O)[C@@H](N)Cc1cc(F)c(Cl)c(F)c1. The molecule has 0 bridgehead atoms. The lowest BCUT2D eigenvalue weighted by molar-refractivity contribution is -0.142. The first-order valence-electron chi connectivity index (χ1n) is 4.42. The fraction of sp³-hybridized carbons (Fsp3) is 0.300. The molecular formula is C10H10ClF2NO2. The maximum absolute atomic E-state index is 13.0. The van der Waals surface area contributed by atoms with Gasteiger partial charge in [-0.2, -0.15) is 0 Å². The number of ether oxygens (including phenoxy) is 1. The molecule has 0 saturated heterocycles. The minimum atomic E-state index is -0.954. The van der Waals surface area contributed by atoms with E-state index >= 15 is 0 Å². The van der Waals surface area contributed by atoms with E-state index in [1.165, 1.54) is 7.11 Å². The summed E-state index contributed by atoms with van der Waals surface area (Å²) in [6.07, 6.45) is -0.0162. The van der Waals surface area contributed by atoms with Gasteiger partial charge in [0.25, 0.3) is 0 Å². The van der Waals surface area contributed by atoms with Crippen LogP contribution in [0.25, 0.3) is 0 Å². The number of methoxy groups -OCH3 is 1. The monoisotopic (exact) mass is 249 g/mol. The van der Waals surface area contributed by atoms with Gasteiger partial charge in [0, 0.05) is 0 Å². The molecule has 0 aliphatic rings. The van der Waals surface area contributed by atoms with Crippen molar-refractivity contribution < 1.29 is 18.3 Å². The summed E-state index contributed by atoms with van der Waals surface area (Å²) in [7, 11) is 1.19. The summed E-state index contributed by atoms with van der Waals surface area (Å²) in [5.41, 5.74) is 5.69. The van der Waals surface area contributed by atoms with Gasteiger partial charge in [-0.1, -0.05) is 11.6 Å². The Hall–Kier alpha value is -1.20. The predicted octanol–water partition coefficient (Wildman–Crippen LogP) is 1.66. The van der Waals surface area contributed by atoms with Gasteiger partial charge in [0.1, 0.15) is 22.7 Å². The predicted molar refractivity (Wildman–Crippen MR) is 55.1 cm³/mol. The van der Waals surface area contributed by atoms with Crippen molar-refractivity contribution in [2.75, 3.05) is 7.11 Å². The average Bonchev–Trinajstić information content (AvgIpc) is 2.24. The molecule has 1 rings (SSSR count). The number of hydrogen-bond acceptors (Lipinski definition) is 3. The van der Waals surface area contributed by atoms with Crippen molar-refractivity contribution in [3.63, 3.8) is 0 Å². The number of carbonyl (C=O) groups is 1. The second-order valence-corrected chi connectivity index (χ2v) is 3.59. The van der Waals surface area contributed by atoms with Crippen LogP contribution in [-0.2, 0) is 16.0 Å². The van der Waals surface area contributed by atoms with Crippen molar-refractivity contribution >= 4 is 17.6 Å². The second kappa shape index (κ2) is 5.23. The first-order valence-corrected chi connectivity index (χ1v) is 4.80. The number of benzene rings is 1. The van der Waals surface area contributed by atoms with Gasteiger partial charge in [-0.15, -0.1) is 0 Å². The lowest BCUT2D eigenvalue weighted by Crippen LogP contribution is -2.33. The first-order chi connectivity index (χ1) is 7.45. The van der Waals surface area contributed by atoms with Crippen molar-refractivity contribution in [1.82, 2.24) is 0 Å². The lowest BCUT2D eigenvalue weighted by atomic mass is 10.1. The van der Waals surface area contributed by atoms with Crippen LogP contribution in [0.15, 0.2) is 12.1 Å². The lowest BCUT2D eigenvalue weighted by Gasteiger charge is -2.09. The van der Waals surface area contributed by atoms with Crippen LogP contribution in [0.5, 0.6) is 0 Å². The Bertz CT molecular complexity index is 389. The van der Waals surface area contributed by atoms with E-state index in [4.69, 9.17) is 17.3 Å². The Morgan fingerprint density at radius 2 is 2.00 bits per heavy atom. The molecule has 0 heterocycles. The molecule has 0 saturated carbocycles. The van der Waals surface area contributed by atoms with Gasteiger partial charge >= 0.3 is 5.97 Å². The van der Waals surface area contributed by atoms with Gasteiger partial charge in [-0.05, 0) is 24.1 Å². The van der Waals surface area contributed by atoms with Crippen LogP contribution in [-0.4, -0.2) is 19.1 Å². The van der Waals surface area contributed by atoms with Crippen molar-refractivity contribution in [3.8, 4) is 0 Å². The molecule has 0 amide bonds. The summed E-state index contributed by atoms with van der Waals surface area (Å²) in [4.78, 5) is 11.0. The highest BCUT2D eigenvalue weighted by Gasteiger charge is 2.16. The Morgan fingerprint density at radius 1 is 1.50 bits per heavy atom. The number of rotatable bonds is 3. The molecule has 2 N–H and O–H groups in total. The highest BCUT2D eigenvalue weighted by Crippen LogP contribution is 2.21. The van der Waals surface area contributed by atoms with Crippen LogP contribution in [0.2, 0.25) is 5.02 Å². The van der Waals surface area contributed by atoms with E-state index in [0.29, 0.717) is 0 Å². The maximum Gasteiger partial charge on any atom is 0.322 e. The molecule has 88 valence electrons. The van der Waals surface area contributed by atoms with Crippen LogP contribution >= 0.6 is 11.6 Å². The Kier molecular flexibility index (Phi) is 4.20. The highest BCUT2D eigenvalue weighted by molar-refractivity contribution is 6.30. The summed E-state index contributed by atoms with van der Waals surface area (Å²) in [6.45, 7) is 0. The number of halogens is 3. The second-order valence-electron chi connectivity index (χ2n) is 3.21. The van der Waals surface area contributed by atoms with Gasteiger partial charge in [-0.25, -0.2) is 8.78 Å². The van der Waals surface area contributed by atoms with Crippen molar-refractivity contribution in [2.45, 2.75) is 12.5 Å². The van der Waals surface area contributed by atoms with Crippen LogP contribution in [0.3, 0.4) is 0 Å². The van der Waals surface area contributed by atoms with E-state index in [0.717, 1.165) is 12.1 Å². The van der Waals surface area contributed by atoms with Gasteiger partial charge in [0.15, 0.2) is 0 Å². The van der Waals surface area contributed by atoms with Crippen LogP contribution in [0, 0.1) is 11.6 Å². The normalized spacial score (nSPS) is 12.3. The van der Waals surface area contributed by atoms with E-state index in [2.05, 4.69) is 4.74 Å². The molecule has 1 aromatic rings. The molecule has 3 nitrogen and oxygen atoms in total. The maximum atomic E-state index is 13.0. The minimum Gasteiger partial charge on any atom is -0.468 e. The quantitative estimate of drug-likeness (QED) is 0.655. The van der Waals surface area contributed by atoms with E-state index in [1.807, 2.05) is 0 Å². The van der Waals surface area contributed by atoms with Crippen molar-refractivity contribution in [2.24, 2.45) is 5.73 Å². The smallest absolute Gasteiger partial charge is 0.322 e. The fourth-order valence-electron chi connectivity index (χ4n) is 1.21. The molecule has 1 atom stereocenters. The van der Waals surface area contributed by atoms with Crippen LogP contribution in [0.4, 0.5) is 8.78 Å². The number of nitrogens with two attached hydrogens (primary N) is 1. The molecule has 16 heavy (non-hydrogen) atoms. The van der Waals surface area contributed by atoms with Gasteiger partial charge < -0.3 is 10.5 Å². The summed E-state index contributed by atoms with van der Waals surface area (Å²) in [5.74, 6) is -2.40. The molecule has 0 radical (unpaired) electrons. The van der Waals surface area contributed by atoms with Crippen molar-refractivity contribution in [3.05, 3.63) is 34.4 Å². The third-order valence-electron chi connectivity index (χ3n) is 2.00. The number of hydrogen-bond donors (Lipinski definition) is 1. The summed E-state index contributed by atoms with van der Waals surface area (Å²) < 4.78 is 30.5. The molecule has 0 spiro atoms. The van der Waals surface area contributed by atoms with E-state index in [1.54, 1.807) is 0 Å². The molecule has 1 aromatic carbocycles. The highest BCUT2D eigenvalue weighted by atomic mass is 35.5. The van der Waals surface area contributed by atoms with E-state index in [-0.39, 0.29) is 12.0 Å². The van der Waals surface area contributed by atoms with Gasteiger partial charge in [0.05, 0.1) is 7.11 Å². The average molecular weight is 250 g/mol. The van der Waals surface area contributed by atoms with Gasteiger partial charge in [-0.3, -0.25) is 4.79 Å². The van der Waals surface area contributed by atoms with E-state index in [9.17, 15) is 13.6 Å². The molecular weight excluding hydrogens is 240 g/mol. The van der Waals surface area contributed by atoms with E-state index < -0.39 is 28.7 Å².